The van der Waals surface area contributed by atoms with Crippen LogP contribution >= 0.6 is 0 Å². The molecule has 0 spiro atoms. The average molecular weight is 327 g/mol. The van der Waals surface area contributed by atoms with Crippen molar-refractivity contribution in [3.63, 3.8) is 0 Å². The molecule has 2 amide bonds. The van der Waals surface area contributed by atoms with Gasteiger partial charge in [-0.15, -0.1) is 10.2 Å². The van der Waals surface area contributed by atoms with Crippen LogP contribution in [0.25, 0.3) is 5.69 Å². The molecule has 0 aliphatic rings. The number of carbonyl (C=O) groups is 1. The predicted molar refractivity (Wildman–Crippen MR) is 85.3 cm³/mol. The molecule has 2 aromatic heterocycles. The third-order valence-electron chi connectivity index (χ3n) is 3.39. The number of rotatable bonds is 6. The number of carbonyl (C=O) groups excluding carboxylic acids is 1. The molecule has 1 aromatic carbocycles. The Morgan fingerprint density at radius 2 is 2.04 bits per heavy atom. The lowest BCUT2D eigenvalue weighted by Crippen LogP contribution is -2.37. The van der Waals surface area contributed by atoms with E-state index in [4.69, 9.17) is 4.42 Å². The zero-order valence-electron chi connectivity index (χ0n) is 12.8. The number of nitrogens with zero attached hydrogens (tertiary/aromatic N) is 3. The Kier molecular flexibility index (Phi) is 4.87. The van der Waals surface area contributed by atoms with Crippen LogP contribution in [0.2, 0.25) is 0 Å². The second-order valence-corrected chi connectivity index (χ2v) is 5.05. The number of urea groups is 1. The molecular formula is C16H17N5O3. The standard InChI is InChI=1S/C16H17N5O3/c22-13(14-7-4-8-24-14)9-17-16(23)18-10-15-20-19-11-21(15)12-5-2-1-3-6-12/h1-8,11,13,22H,9-10H2,(H2,17,18,23). The molecule has 0 bridgehead atoms. The maximum Gasteiger partial charge on any atom is 0.315 e. The van der Waals surface area contributed by atoms with Crippen LogP contribution in [-0.2, 0) is 6.54 Å². The lowest BCUT2D eigenvalue weighted by Gasteiger charge is -2.11. The van der Waals surface area contributed by atoms with E-state index in [9.17, 15) is 9.90 Å². The lowest BCUT2D eigenvalue weighted by molar-refractivity contribution is 0.148. The number of amides is 2. The van der Waals surface area contributed by atoms with Crippen LogP contribution in [-0.4, -0.2) is 32.4 Å². The molecule has 0 saturated carbocycles. The van der Waals surface area contributed by atoms with Crippen molar-refractivity contribution in [1.82, 2.24) is 25.4 Å². The van der Waals surface area contributed by atoms with E-state index < -0.39 is 12.1 Å². The van der Waals surface area contributed by atoms with Crippen molar-refractivity contribution >= 4 is 6.03 Å². The van der Waals surface area contributed by atoms with Crippen LogP contribution in [0.3, 0.4) is 0 Å². The van der Waals surface area contributed by atoms with Crippen LogP contribution in [0, 0.1) is 0 Å². The average Bonchev–Trinajstić information content (AvgIpc) is 3.30. The predicted octanol–water partition coefficient (Wildman–Crippen LogP) is 1.39. The van der Waals surface area contributed by atoms with E-state index in [0.29, 0.717) is 11.6 Å². The molecule has 0 fully saturated rings. The normalized spacial score (nSPS) is 11.9. The maximum atomic E-state index is 11.8. The monoisotopic (exact) mass is 327 g/mol. The summed E-state index contributed by atoms with van der Waals surface area (Å²) in [5.41, 5.74) is 0.910. The molecule has 124 valence electrons. The summed E-state index contributed by atoms with van der Waals surface area (Å²) < 4.78 is 6.86. The molecule has 0 saturated heterocycles. The van der Waals surface area contributed by atoms with Gasteiger partial charge in [0.2, 0.25) is 0 Å². The second-order valence-electron chi connectivity index (χ2n) is 5.05. The Morgan fingerprint density at radius 3 is 2.79 bits per heavy atom. The highest BCUT2D eigenvalue weighted by Gasteiger charge is 2.12. The number of aliphatic hydroxyl groups is 1. The van der Waals surface area contributed by atoms with E-state index in [1.165, 1.54) is 6.26 Å². The molecule has 3 aromatic rings. The summed E-state index contributed by atoms with van der Waals surface area (Å²) in [4.78, 5) is 11.8. The van der Waals surface area contributed by atoms with Gasteiger partial charge in [-0.2, -0.15) is 0 Å². The van der Waals surface area contributed by atoms with Crippen molar-refractivity contribution in [3.8, 4) is 5.69 Å². The zero-order chi connectivity index (χ0) is 16.8. The number of hydrogen-bond acceptors (Lipinski definition) is 5. The van der Waals surface area contributed by atoms with Gasteiger partial charge in [-0.25, -0.2) is 4.79 Å². The van der Waals surface area contributed by atoms with Gasteiger partial charge < -0.3 is 20.2 Å². The molecule has 1 unspecified atom stereocenters. The van der Waals surface area contributed by atoms with Gasteiger partial charge in [0.1, 0.15) is 18.2 Å². The molecule has 24 heavy (non-hydrogen) atoms. The highest BCUT2D eigenvalue weighted by Crippen LogP contribution is 2.11. The minimum absolute atomic E-state index is 0.0464. The summed E-state index contributed by atoms with van der Waals surface area (Å²) in [6, 6.07) is 12.5. The number of aromatic nitrogens is 3. The van der Waals surface area contributed by atoms with Crippen molar-refractivity contribution in [3.05, 3.63) is 66.6 Å². The number of furan rings is 1. The largest absolute Gasteiger partial charge is 0.467 e. The molecule has 3 N–H and O–H groups in total. The zero-order valence-corrected chi connectivity index (χ0v) is 12.8. The number of aliphatic hydroxyl groups excluding tert-OH is 1. The van der Waals surface area contributed by atoms with Gasteiger partial charge in [0.15, 0.2) is 5.82 Å². The highest BCUT2D eigenvalue weighted by molar-refractivity contribution is 5.73. The first-order chi connectivity index (χ1) is 11.7. The number of para-hydroxylation sites is 1. The van der Waals surface area contributed by atoms with Gasteiger partial charge in [-0.1, -0.05) is 18.2 Å². The van der Waals surface area contributed by atoms with Crippen molar-refractivity contribution < 1.29 is 14.3 Å². The van der Waals surface area contributed by atoms with Crippen LogP contribution in [0.15, 0.2) is 59.5 Å². The van der Waals surface area contributed by atoms with E-state index in [-0.39, 0.29) is 13.1 Å². The van der Waals surface area contributed by atoms with Crippen molar-refractivity contribution in [2.24, 2.45) is 0 Å². The SMILES string of the molecule is O=C(NCc1nncn1-c1ccccc1)NCC(O)c1ccco1. The van der Waals surface area contributed by atoms with Gasteiger partial charge in [0.25, 0.3) is 0 Å². The fraction of sp³-hybridized carbons (Fsp3) is 0.188. The third-order valence-corrected chi connectivity index (χ3v) is 3.39. The molecule has 3 rings (SSSR count). The van der Waals surface area contributed by atoms with E-state index in [2.05, 4.69) is 20.8 Å². The molecule has 0 aliphatic carbocycles. The lowest BCUT2D eigenvalue weighted by atomic mass is 10.3. The van der Waals surface area contributed by atoms with E-state index in [1.807, 2.05) is 30.3 Å². The summed E-state index contributed by atoms with van der Waals surface area (Å²) in [5.74, 6) is 1.00. The van der Waals surface area contributed by atoms with E-state index in [1.54, 1.807) is 23.0 Å². The molecule has 8 nitrogen and oxygen atoms in total. The highest BCUT2D eigenvalue weighted by atomic mass is 16.4. The first kappa shape index (κ1) is 15.8. The minimum atomic E-state index is -0.890. The fourth-order valence-corrected chi connectivity index (χ4v) is 2.18. The number of benzene rings is 1. The summed E-state index contributed by atoms with van der Waals surface area (Å²) in [7, 11) is 0. The van der Waals surface area contributed by atoms with Gasteiger partial charge >= 0.3 is 6.03 Å². The number of hydrogen-bond donors (Lipinski definition) is 3. The van der Waals surface area contributed by atoms with Gasteiger partial charge in [0.05, 0.1) is 19.4 Å². The first-order valence-corrected chi connectivity index (χ1v) is 7.41. The Hall–Kier alpha value is -3.13. The molecule has 0 radical (unpaired) electrons. The minimum Gasteiger partial charge on any atom is -0.467 e. The van der Waals surface area contributed by atoms with Crippen molar-refractivity contribution in [1.29, 1.82) is 0 Å². The molecule has 1 atom stereocenters. The summed E-state index contributed by atoms with van der Waals surface area (Å²) >= 11 is 0. The van der Waals surface area contributed by atoms with E-state index >= 15 is 0 Å². The molecule has 2 heterocycles. The number of nitrogens with one attached hydrogen (secondary N) is 2. The maximum absolute atomic E-state index is 11.8. The fourth-order valence-electron chi connectivity index (χ4n) is 2.18. The van der Waals surface area contributed by atoms with Crippen LogP contribution < -0.4 is 10.6 Å². The van der Waals surface area contributed by atoms with Crippen LogP contribution in [0.5, 0.6) is 0 Å². The van der Waals surface area contributed by atoms with Gasteiger partial charge in [-0.05, 0) is 24.3 Å². The smallest absolute Gasteiger partial charge is 0.315 e. The van der Waals surface area contributed by atoms with Gasteiger partial charge in [0, 0.05) is 5.69 Å². The van der Waals surface area contributed by atoms with Crippen molar-refractivity contribution in [2.45, 2.75) is 12.6 Å². The Balaban J connectivity index is 1.51. The van der Waals surface area contributed by atoms with Gasteiger partial charge in [-0.3, -0.25) is 4.57 Å². The van der Waals surface area contributed by atoms with Crippen LogP contribution in [0.4, 0.5) is 4.79 Å². The van der Waals surface area contributed by atoms with Crippen LogP contribution in [0.1, 0.15) is 17.7 Å². The quantitative estimate of drug-likeness (QED) is 0.634. The Bertz CT molecular complexity index is 770. The summed E-state index contributed by atoms with van der Waals surface area (Å²) in [6.45, 7) is 0.252. The molecule has 8 heteroatoms. The first-order valence-electron chi connectivity index (χ1n) is 7.41. The third kappa shape index (κ3) is 3.79. The molecule has 0 aliphatic heterocycles. The van der Waals surface area contributed by atoms with E-state index in [0.717, 1.165) is 5.69 Å². The summed E-state index contributed by atoms with van der Waals surface area (Å²) in [5, 5.41) is 23.0. The Morgan fingerprint density at radius 1 is 1.21 bits per heavy atom. The topological polar surface area (TPSA) is 105 Å². The summed E-state index contributed by atoms with van der Waals surface area (Å²) in [6.07, 6.45) is 2.17. The van der Waals surface area contributed by atoms with Crippen molar-refractivity contribution in [2.75, 3.05) is 6.54 Å². The molecular weight excluding hydrogens is 310 g/mol. The Labute approximate surface area is 138 Å². The second kappa shape index (κ2) is 7.42.